The summed E-state index contributed by atoms with van der Waals surface area (Å²) < 4.78 is 5.17. The molecule has 1 amide bonds. The van der Waals surface area contributed by atoms with Gasteiger partial charge < -0.3 is 19.3 Å². The molecule has 20 heavy (non-hydrogen) atoms. The highest BCUT2D eigenvalue weighted by Crippen LogP contribution is 2.09. The molecule has 0 aliphatic rings. The van der Waals surface area contributed by atoms with Gasteiger partial charge in [0.05, 0.1) is 7.11 Å². The summed E-state index contributed by atoms with van der Waals surface area (Å²) in [5.74, 6) is 0. The van der Waals surface area contributed by atoms with Crippen molar-refractivity contribution in [2.45, 2.75) is 45.6 Å². The topological polar surface area (TPSA) is 59.1 Å². The van der Waals surface area contributed by atoms with Gasteiger partial charge in [0.2, 0.25) is 0 Å². The van der Waals surface area contributed by atoms with Crippen LogP contribution in [0.4, 0.5) is 4.79 Å². The fourth-order valence-corrected chi connectivity index (χ4v) is 1.01. The number of amides is 1. The average Bonchev–Trinajstić information content (AvgIpc) is 2.33. The molecule has 0 aliphatic carbocycles. The number of carbonyl (C=O) groups is 2. The maximum absolute atomic E-state index is 11.5. The number of rotatable bonds is 6. The van der Waals surface area contributed by atoms with Crippen LogP contribution < -0.4 is 0 Å². The summed E-state index contributed by atoms with van der Waals surface area (Å²) in [5.41, 5.74) is -0.450. The lowest BCUT2D eigenvalue weighted by atomic mass is 10.2. The average molecular weight is 290 g/mol. The molecule has 0 bridgehead atoms. The molecule has 0 spiro atoms. The summed E-state index contributed by atoms with van der Waals surface area (Å²) in [4.78, 5) is 27.6. The number of hydroxylamine groups is 2. The van der Waals surface area contributed by atoms with E-state index in [1.165, 1.54) is 4.90 Å². The predicted molar refractivity (Wildman–Crippen MR) is 79.5 cm³/mol. The van der Waals surface area contributed by atoms with E-state index in [0.717, 1.165) is 19.1 Å². The summed E-state index contributed by atoms with van der Waals surface area (Å²) in [7, 11) is 7.00. The zero-order valence-corrected chi connectivity index (χ0v) is 13.9. The van der Waals surface area contributed by atoms with Crippen LogP contribution in [0.3, 0.4) is 0 Å². The minimum Gasteiger partial charge on any atom is -0.444 e. The van der Waals surface area contributed by atoms with E-state index in [0.29, 0.717) is 13.0 Å². The van der Waals surface area contributed by atoms with Crippen molar-refractivity contribution < 1.29 is 19.2 Å². The Hall–Kier alpha value is -1.14. The number of ether oxygens (including phenoxy) is 1. The van der Waals surface area contributed by atoms with E-state index >= 15 is 0 Å². The smallest absolute Gasteiger partial charge is 0.410 e. The Morgan fingerprint density at radius 3 is 2.00 bits per heavy atom. The molecule has 6 heteroatoms. The summed E-state index contributed by atoms with van der Waals surface area (Å²) >= 11 is 0. The molecule has 0 aromatic rings. The summed E-state index contributed by atoms with van der Waals surface area (Å²) in [6.07, 6.45) is 2.79. The molecule has 0 fully saturated rings. The number of carbonyl (C=O) groups excluding carboxylic acids is 2. The lowest BCUT2D eigenvalue weighted by molar-refractivity contribution is -0.107. The molecule has 0 heterocycles. The fourth-order valence-electron chi connectivity index (χ4n) is 1.01. The van der Waals surface area contributed by atoms with Crippen LogP contribution in [0.5, 0.6) is 0 Å². The minimum atomic E-state index is -0.450. The highest BCUT2D eigenvalue weighted by Gasteiger charge is 2.18. The molecule has 0 atom stereocenters. The van der Waals surface area contributed by atoms with Gasteiger partial charge in [-0.2, -0.15) is 5.06 Å². The summed E-state index contributed by atoms with van der Waals surface area (Å²) in [5, 5.41) is 1.62. The molecule has 0 saturated carbocycles. The van der Waals surface area contributed by atoms with Crippen LogP contribution in [0.15, 0.2) is 0 Å². The Balaban J connectivity index is 0. The van der Waals surface area contributed by atoms with E-state index in [2.05, 4.69) is 4.84 Å². The van der Waals surface area contributed by atoms with Crippen molar-refractivity contribution in [3.63, 3.8) is 0 Å². The molecule has 6 nitrogen and oxygen atoms in total. The third kappa shape index (κ3) is 16.9. The Labute approximate surface area is 123 Å². The molecule has 0 saturated heterocycles. The molecule has 0 rings (SSSR count). The molecule has 120 valence electrons. The van der Waals surface area contributed by atoms with Crippen LogP contribution in [0.2, 0.25) is 0 Å². The normalized spacial score (nSPS) is 10.6. The first kappa shape index (κ1) is 21.2. The monoisotopic (exact) mass is 290 g/mol. The lowest BCUT2D eigenvalue weighted by Crippen LogP contribution is -2.34. The number of unbranched alkanes of at least 4 members (excludes halogenated alkanes) is 2. The second-order valence-electron chi connectivity index (χ2n) is 5.56. The van der Waals surface area contributed by atoms with Gasteiger partial charge >= 0.3 is 6.09 Å². The highest BCUT2D eigenvalue weighted by molar-refractivity contribution is 5.67. The maximum Gasteiger partial charge on any atom is 0.410 e. The number of aldehydes is 1. The van der Waals surface area contributed by atoms with E-state index < -0.39 is 5.60 Å². The zero-order chi connectivity index (χ0) is 16.2. The van der Waals surface area contributed by atoms with Crippen LogP contribution >= 0.6 is 0 Å². The fraction of sp³-hybridized carbons (Fsp3) is 0.857. The van der Waals surface area contributed by atoms with Crippen molar-refractivity contribution in [3.8, 4) is 0 Å². The Morgan fingerprint density at radius 2 is 1.65 bits per heavy atom. The summed E-state index contributed by atoms with van der Waals surface area (Å²) in [6, 6.07) is 0. The second kappa shape index (κ2) is 11.7. The molecular formula is C14H30N2O4. The molecule has 0 aliphatic heterocycles. The molecule has 0 unspecified atom stereocenters. The zero-order valence-electron chi connectivity index (χ0n) is 13.9. The Kier molecular flexibility index (Phi) is 12.3. The van der Waals surface area contributed by atoms with Gasteiger partial charge in [-0.05, 0) is 33.6 Å². The van der Waals surface area contributed by atoms with Gasteiger partial charge in [-0.1, -0.05) is 0 Å². The Bertz CT molecular complexity index is 262. The molecule has 0 radical (unpaired) electrons. The van der Waals surface area contributed by atoms with Crippen LogP contribution in [0, 0.1) is 0 Å². The van der Waals surface area contributed by atoms with Gasteiger partial charge in [0.15, 0.2) is 0 Å². The SMILES string of the molecule is CN(CCCCC=O)C(=O)OC(C)(C)C.CON(C)C. The number of hydrogen-bond donors (Lipinski definition) is 0. The quantitative estimate of drug-likeness (QED) is 0.427. The first-order valence-corrected chi connectivity index (χ1v) is 6.73. The lowest BCUT2D eigenvalue weighted by Gasteiger charge is -2.24. The van der Waals surface area contributed by atoms with E-state index in [4.69, 9.17) is 4.74 Å². The third-order valence-electron chi connectivity index (χ3n) is 2.14. The van der Waals surface area contributed by atoms with Crippen LogP contribution in [-0.2, 0) is 14.4 Å². The van der Waals surface area contributed by atoms with Crippen molar-refractivity contribution in [2.24, 2.45) is 0 Å². The predicted octanol–water partition coefficient (Wildman–Crippen LogP) is 2.33. The summed E-state index contributed by atoms with van der Waals surface area (Å²) in [6.45, 7) is 6.14. The van der Waals surface area contributed by atoms with E-state index in [1.807, 2.05) is 34.9 Å². The van der Waals surface area contributed by atoms with Crippen LogP contribution in [-0.4, -0.2) is 62.7 Å². The van der Waals surface area contributed by atoms with E-state index in [9.17, 15) is 9.59 Å². The highest BCUT2D eigenvalue weighted by atomic mass is 16.7. The first-order valence-electron chi connectivity index (χ1n) is 6.73. The van der Waals surface area contributed by atoms with Gasteiger partial charge in [0.1, 0.15) is 11.9 Å². The first-order chi connectivity index (χ1) is 9.14. The molecule has 0 N–H and O–H groups in total. The van der Waals surface area contributed by atoms with Crippen molar-refractivity contribution in [1.82, 2.24) is 9.96 Å². The van der Waals surface area contributed by atoms with E-state index in [1.54, 1.807) is 19.2 Å². The molecule has 0 aromatic heterocycles. The molecular weight excluding hydrogens is 260 g/mol. The van der Waals surface area contributed by atoms with Crippen molar-refractivity contribution >= 4 is 12.4 Å². The van der Waals surface area contributed by atoms with Gasteiger partial charge in [0, 0.05) is 34.1 Å². The standard InChI is InChI=1S/C11H21NO3.C3H9NO/c1-11(2,3)15-10(14)12(4)8-6-5-7-9-13;1-4(2)5-3/h9H,5-8H2,1-4H3;1-3H3. The Morgan fingerprint density at radius 1 is 1.15 bits per heavy atom. The largest absolute Gasteiger partial charge is 0.444 e. The van der Waals surface area contributed by atoms with Gasteiger partial charge in [-0.15, -0.1) is 0 Å². The number of hydrogen-bond acceptors (Lipinski definition) is 5. The van der Waals surface area contributed by atoms with Gasteiger partial charge in [0.25, 0.3) is 0 Å². The minimum absolute atomic E-state index is 0.311. The van der Waals surface area contributed by atoms with E-state index in [-0.39, 0.29) is 6.09 Å². The maximum atomic E-state index is 11.5. The second-order valence-corrected chi connectivity index (χ2v) is 5.56. The van der Waals surface area contributed by atoms with Crippen LogP contribution in [0.1, 0.15) is 40.0 Å². The van der Waals surface area contributed by atoms with Crippen molar-refractivity contribution in [3.05, 3.63) is 0 Å². The van der Waals surface area contributed by atoms with Crippen molar-refractivity contribution in [1.29, 1.82) is 0 Å². The van der Waals surface area contributed by atoms with Gasteiger partial charge in [-0.3, -0.25) is 0 Å². The van der Waals surface area contributed by atoms with Crippen LogP contribution in [0.25, 0.3) is 0 Å². The number of nitrogens with zero attached hydrogens (tertiary/aromatic N) is 2. The van der Waals surface area contributed by atoms with Gasteiger partial charge in [-0.25, -0.2) is 4.79 Å². The molecule has 0 aromatic carbocycles. The van der Waals surface area contributed by atoms with Crippen molar-refractivity contribution in [2.75, 3.05) is 34.8 Å². The third-order valence-corrected chi connectivity index (χ3v) is 2.14.